The van der Waals surface area contributed by atoms with Gasteiger partial charge in [-0.3, -0.25) is 0 Å². The first-order valence-electron chi connectivity index (χ1n) is 18.0. The Morgan fingerprint density at radius 2 is 0.719 bits per heavy atom. The second kappa shape index (κ2) is 23.2. The van der Waals surface area contributed by atoms with Crippen LogP contribution in [-0.2, 0) is 20.4 Å². The summed E-state index contributed by atoms with van der Waals surface area (Å²) < 4.78 is 0. The molecular weight excluding hydrogens is 848 g/mol. The maximum atomic E-state index is 9.27. The Morgan fingerprint density at radius 1 is 0.474 bits per heavy atom. The molecule has 1 radical (unpaired) electrons. The second-order valence-corrected chi connectivity index (χ2v) is 17.5. The summed E-state index contributed by atoms with van der Waals surface area (Å²) in [5.74, 6) is -0.471. The van der Waals surface area contributed by atoms with Gasteiger partial charge in [0, 0.05) is 26.3 Å². The van der Waals surface area contributed by atoms with Crippen LogP contribution in [0.25, 0.3) is 0 Å². The van der Waals surface area contributed by atoms with E-state index in [1.807, 2.05) is 38.1 Å². The fourth-order valence-electron chi connectivity index (χ4n) is 6.49. The summed E-state index contributed by atoms with van der Waals surface area (Å²) in [6.45, 7) is 3.71. The molecule has 0 aliphatic heterocycles. The van der Waals surface area contributed by atoms with Gasteiger partial charge in [-0.25, -0.2) is 0 Å². The van der Waals surface area contributed by atoms with E-state index in [0.29, 0.717) is 0 Å². The number of halogens is 1. The van der Waals surface area contributed by atoms with Crippen LogP contribution < -0.4 is 44.2 Å². The fourth-order valence-corrected chi connectivity index (χ4v) is 11.1. The van der Waals surface area contributed by atoms with Gasteiger partial charge in [-0.2, -0.15) is 21.0 Å². The van der Waals surface area contributed by atoms with Crippen LogP contribution in [0.2, 0.25) is 0 Å². The number of benzene rings is 6. The molecule has 1 aliphatic rings. The Hall–Kier alpha value is -5.17. The van der Waals surface area contributed by atoms with Crippen molar-refractivity contribution in [3.63, 3.8) is 0 Å². The van der Waals surface area contributed by atoms with Gasteiger partial charge in [-0.05, 0) is 74.4 Å². The smallest absolute Gasteiger partial charge is 0.181 e. The van der Waals surface area contributed by atoms with Gasteiger partial charge in [0.2, 0.25) is 0 Å². The van der Waals surface area contributed by atoms with Gasteiger partial charge in [-0.15, -0.1) is 0 Å². The van der Waals surface area contributed by atoms with Crippen molar-refractivity contribution in [3.05, 3.63) is 200 Å². The third-order valence-corrected chi connectivity index (χ3v) is 14.1. The van der Waals surface area contributed by atoms with Crippen LogP contribution in [0.3, 0.4) is 0 Å². The van der Waals surface area contributed by atoms with Crippen molar-refractivity contribution in [1.82, 2.24) is 0 Å². The van der Waals surface area contributed by atoms with Crippen molar-refractivity contribution < 1.29 is 32.8 Å². The van der Waals surface area contributed by atoms with Gasteiger partial charge >= 0.3 is 0 Å². The van der Waals surface area contributed by atoms with E-state index in [1.165, 1.54) is 31.8 Å². The van der Waals surface area contributed by atoms with Crippen LogP contribution in [0.15, 0.2) is 194 Å². The molecule has 1 fully saturated rings. The molecule has 1 saturated carbocycles. The van der Waals surface area contributed by atoms with Crippen LogP contribution in [0.5, 0.6) is 0 Å². The SMILES string of the molecule is CC(C)=CC1[CH]CC(C#N)(C#N)C1(C#N)C#N.[Cl-].[Pd].c1ccc(P(c2ccccc2)c2ccccc2)cc1.c1ccc(P(c2ccccc2)c2ccccc2)cc1. The largest absolute Gasteiger partial charge is 1.00 e. The van der Waals surface area contributed by atoms with Gasteiger partial charge in [-0.1, -0.05) is 194 Å². The van der Waals surface area contributed by atoms with E-state index in [-0.39, 0.29) is 39.3 Å². The van der Waals surface area contributed by atoms with Gasteiger partial charge in [0.25, 0.3) is 0 Å². The van der Waals surface area contributed by atoms with Crippen molar-refractivity contribution in [2.45, 2.75) is 20.3 Å². The Morgan fingerprint density at radius 3 is 0.912 bits per heavy atom. The fraction of sp³-hybridized carbons (Fsp3) is 0.122. The maximum absolute atomic E-state index is 9.27. The standard InChI is InChI=1S/2C18H15P.C13H11N4.ClH.Pd/c2*1-4-10-16(11-5-1)19(17-12-6-2-7-13-17)18-14-8-3-9-15-18;1-10(2)5-11-3-4-12(6-14,7-15)13(11,8-16)9-17;;/h2*1-15H;3,5,11H,4H2,1-2H3;1H;/p-1. The van der Waals surface area contributed by atoms with E-state index in [2.05, 4.69) is 182 Å². The Bertz CT molecular complexity index is 1960. The monoisotopic (exact) mass is 888 g/mol. The van der Waals surface area contributed by atoms with Gasteiger partial charge < -0.3 is 12.4 Å². The minimum Gasteiger partial charge on any atom is -1.00 e. The number of allylic oxidation sites excluding steroid dienone is 2. The molecule has 8 heteroatoms. The zero-order chi connectivity index (χ0) is 38.9. The van der Waals surface area contributed by atoms with Crippen molar-refractivity contribution in [2.75, 3.05) is 0 Å². The van der Waals surface area contributed by atoms with Crippen molar-refractivity contribution >= 4 is 47.7 Å². The Kier molecular flexibility index (Phi) is 18.8. The number of nitriles is 4. The third-order valence-electron chi connectivity index (χ3n) is 9.18. The van der Waals surface area contributed by atoms with Crippen molar-refractivity contribution in [2.24, 2.45) is 16.7 Å². The average Bonchev–Trinajstić information content (AvgIpc) is 3.56. The molecule has 0 amide bonds. The van der Waals surface area contributed by atoms with E-state index < -0.39 is 32.6 Å². The molecule has 0 heterocycles. The molecule has 7 rings (SSSR count). The first kappa shape index (κ1) is 46.2. The normalized spacial score (nSPS) is 14.1. The molecule has 0 bridgehead atoms. The predicted octanol–water partition coefficient (Wildman–Crippen LogP) is 6.14. The molecule has 1 atom stereocenters. The summed E-state index contributed by atoms with van der Waals surface area (Å²) >= 11 is 0. The van der Waals surface area contributed by atoms with E-state index >= 15 is 0 Å². The molecule has 0 N–H and O–H groups in total. The minimum atomic E-state index is -1.60. The first-order chi connectivity index (χ1) is 26.9. The predicted molar refractivity (Wildman–Crippen MR) is 229 cm³/mol. The molecule has 0 saturated heterocycles. The van der Waals surface area contributed by atoms with E-state index in [0.717, 1.165) is 5.57 Å². The second-order valence-electron chi connectivity index (χ2n) is 13.1. The van der Waals surface area contributed by atoms with Crippen molar-refractivity contribution in [3.8, 4) is 24.3 Å². The molecular formula is C49H41ClN4P2Pd-. The van der Waals surface area contributed by atoms with Crippen LogP contribution in [0, 0.1) is 68.5 Å². The summed E-state index contributed by atoms with van der Waals surface area (Å²) in [6.07, 6.45) is 3.63. The van der Waals surface area contributed by atoms with E-state index in [9.17, 15) is 10.5 Å². The minimum absolute atomic E-state index is 0. The van der Waals surface area contributed by atoms with E-state index in [1.54, 1.807) is 12.5 Å². The van der Waals surface area contributed by atoms with Gasteiger partial charge in [0.15, 0.2) is 10.8 Å². The zero-order valence-electron chi connectivity index (χ0n) is 31.6. The third kappa shape index (κ3) is 11.2. The summed E-state index contributed by atoms with van der Waals surface area (Å²) in [6, 6.07) is 72.2. The zero-order valence-corrected chi connectivity index (χ0v) is 35.7. The quantitative estimate of drug-likeness (QED) is 0.110. The van der Waals surface area contributed by atoms with Gasteiger partial charge in [0.1, 0.15) is 0 Å². The van der Waals surface area contributed by atoms with Crippen molar-refractivity contribution in [1.29, 1.82) is 21.0 Å². The van der Waals surface area contributed by atoms with Crippen LogP contribution in [-0.4, -0.2) is 0 Å². The summed E-state index contributed by atoms with van der Waals surface area (Å²) in [7, 11) is -0.892. The van der Waals surface area contributed by atoms with Crippen LogP contribution >= 0.6 is 15.8 Å². The molecule has 6 aromatic rings. The molecule has 285 valence electrons. The van der Waals surface area contributed by atoms with Crippen LogP contribution in [0.4, 0.5) is 0 Å². The average molecular weight is 890 g/mol. The Balaban J connectivity index is 0.000000226. The topological polar surface area (TPSA) is 95.2 Å². The summed E-state index contributed by atoms with van der Waals surface area (Å²) in [4.78, 5) is 0. The van der Waals surface area contributed by atoms with Crippen LogP contribution in [0.1, 0.15) is 20.3 Å². The number of hydrogen-bond donors (Lipinski definition) is 0. The molecule has 6 aromatic carbocycles. The maximum Gasteiger partial charge on any atom is 0.181 e. The molecule has 0 aromatic heterocycles. The molecule has 0 spiro atoms. The number of hydrogen-bond acceptors (Lipinski definition) is 4. The molecule has 1 unspecified atom stereocenters. The van der Waals surface area contributed by atoms with Gasteiger partial charge in [0.05, 0.1) is 24.3 Å². The molecule has 4 nitrogen and oxygen atoms in total. The number of nitrogens with zero attached hydrogens (tertiary/aromatic N) is 4. The summed E-state index contributed by atoms with van der Waals surface area (Å²) in [5.41, 5.74) is -2.21. The summed E-state index contributed by atoms with van der Waals surface area (Å²) in [5, 5.41) is 45.2. The number of rotatable bonds is 7. The first-order valence-corrected chi connectivity index (χ1v) is 20.6. The molecule has 57 heavy (non-hydrogen) atoms. The van der Waals surface area contributed by atoms with E-state index in [4.69, 9.17) is 10.5 Å². The molecule has 1 aliphatic carbocycles. The Labute approximate surface area is 360 Å².